The van der Waals surface area contributed by atoms with Gasteiger partial charge in [0.1, 0.15) is 5.82 Å². The molecule has 0 aliphatic rings. The highest BCUT2D eigenvalue weighted by atomic mass is 16.3. The molecule has 1 rings (SSSR count). The Morgan fingerprint density at radius 2 is 2.47 bits per heavy atom. The first kappa shape index (κ1) is 11.5. The third-order valence-corrected chi connectivity index (χ3v) is 2.00. The number of amides is 1. The number of hydrogen-bond donors (Lipinski definition) is 3. The van der Waals surface area contributed by atoms with Crippen LogP contribution in [0.1, 0.15) is 17.3 Å². The van der Waals surface area contributed by atoms with Crippen LogP contribution in [0.15, 0.2) is 18.3 Å². The summed E-state index contributed by atoms with van der Waals surface area (Å²) in [5.74, 6) is 0.0558. The van der Waals surface area contributed by atoms with E-state index in [4.69, 9.17) is 10.8 Å². The lowest BCUT2D eigenvalue weighted by Gasteiger charge is -2.11. The van der Waals surface area contributed by atoms with Crippen LogP contribution < -0.4 is 11.1 Å². The molecule has 5 nitrogen and oxygen atoms in total. The minimum Gasteiger partial charge on any atom is -0.396 e. The normalized spacial score (nSPS) is 12.1. The van der Waals surface area contributed by atoms with Crippen molar-refractivity contribution in [2.75, 3.05) is 18.5 Å². The zero-order valence-electron chi connectivity index (χ0n) is 8.60. The van der Waals surface area contributed by atoms with E-state index in [0.29, 0.717) is 17.9 Å². The van der Waals surface area contributed by atoms with E-state index in [2.05, 4.69) is 10.3 Å². The average molecular weight is 209 g/mol. The zero-order chi connectivity index (χ0) is 11.3. The first-order chi connectivity index (χ1) is 7.15. The number of aliphatic hydroxyl groups is 1. The van der Waals surface area contributed by atoms with Crippen molar-refractivity contribution in [3.05, 3.63) is 23.9 Å². The van der Waals surface area contributed by atoms with Crippen molar-refractivity contribution >= 4 is 11.7 Å². The van der Waals surface area contributed by atoms with Crippen molar-refractivity contribution in [1.29, 1.82) is 0 Å². The molecule has 1 aromatic heterocycles. The SMILES string of the molecule is CC(CO)CNc1ncccc1C(N)=O. The summed E-state index contributed by atoms with van der Waals surface area (Å²) in [6, 6.07) is 3.27. The highest BCUT2D eigenvalue weighted by Gasteiger charge is 2.08. The van der Waals surface area contributed by atoms with E-state index < -0.39 is 5.91 Å². The smallest absolute Gasteiger partial charge is 0.252 e. The van der Waals surface area contributed by atoms with Crippen LogP contribution in [0.2, 0.25) is 0 Å². The number of hydrogen-bond acceptors (Lipinski definition) is 4. The van der Waals surface area contributed by atoms with Gasteiger partial charge in [0.15, 0.2) is 0 Å². The summed E-state index contributed by atoms with van der Waals surface area (Å²) in [6.07, 6.45) is 1.58. The number of primary amides is 1. The topological polar surface area (TPSA) is 88.2 Å². The Kier molecular flexibility index (Phi) is 4.05. The van der Waals surface area contributed by atoms with Gasteiger partial charge in [-0.2, -0.15) is 0 Å². The Bertz CT molecular complexity index is 341. The molecular formula is C10H15N3O2. The third-order valence-electron chi connectivity index (χ3n) is 2.00. The Hall–Kier alpha value is -1.62. The Labute approximate surface area is 88.3 Å². The fourth-order valence-corrected chi connectivity index (χ4v) is 1.08. The van der Waals surface area contributed by atoms with E-state index in [9.17, 15) is 4.79 Å². The predicted octanol–water partition coefficient (Wildman–Crippen LogP) is 0.221. The Morgan fingerprint density at radius 1 is 1.73 bits per heavy atom. The molecule has 4 N–H and O–H groups in total. The standard InChI is InChI=1S/C10H15N3O2/c1-7(6-14)5-13-10-8(9(11)15)3-2-4-12-10/h2-4,7,14H,5-6H2,1H3,(H2,11,15)(H,12,13). The molecule has 82 valence electrons. The molecule has 0 fully saturated rings. The van der Waals surface area contributed by atoms with Gasteiger partial charge in [0.05, 0.1) is 5.56 Å². The number of nitrogens with two attached hydrogens (primary N) is 1. The first-order valence-electron chi connectivity index (χ1n) is 4.74. The van der Waals surface area contributed by atoms with Crippen LogP contribution in [-0.4, -0.2) is 29.1 Å². The molecule has 1 aromatic rings. The van der Waals surface area contributed by atoms with E-state index in [1.54, 1.807) is 18.3 Å². The molecule has 0 spiro atoms. The quantitative estimate of drug-likeness (QED) is 0.647. The van der Waals surface area contributed by atoms with Gasteiger partial charge in [-0.3, -0.25) is 4.79 Å². The molecule has 1 atom stereocenters. The van der Waals surface area contributed by atoms with Gasteiger partial charge in [-0.05, 0) is 18.1 Å². The maximum atomic E-state index is 11.0. The van der Waals surface area contributed by atoms with E-state index in [1.165, 1.54) is 0 Å². The summed E-state index contributed by atoms with van der Waals surface area (Å²) < 4.78 is 0. The van der Waals surface area contributed by atoms with Gasteiger partial charge in [0, 0.05) is 19.3 Å². The molecule has 0 aliphatic heterocycles. The fourth-order valence-electron chi connectivity index (χ4n) is 1.08. The van der Waals surface area contributed by atoms with Gasteiger partial charge in [0.2, 0.25) is 0 Å². The van der Waals surface area contributed by atoms with Gasteiger partial charge in [-0.25, -0.2) is 4.98 Å². The van der Waals surface area contributed by atoms with Crippen LogP contribution in [0, 0.1) is 5.92 Å². The second-order valence-electron chi connectivity index (χ2n) is 3.43. The lowest BCUT2D eigenvalue weighted by Crippen LogP contribution is -2.19. The predicted molar refractivity (Wildman–Crippen MR) is 57.5 cm³/mol. The third kappa shape index (κ3) is 3.21. The van der Waals surface area contributed by atoms with E-state index in [-0.39, 0.29) is 12.5 Å². The van der Waals surface area contributed by atoms with E-state index >= 15 is 0 Å². The molecule has 0 bridgehead atoms. The molecule has 0 radical (unpaired) electrons. The van der Waals surface area contributed by atoms with Crippen LogP contribution >= 0.6 is 0 Å². The number of pyridine rings is 1. The Morgan fingerprint density at radius 3 is 3.07 bits per heavy atom. The molecule has 0 saturated carbocycles. The number of rotatable bonds is 5. The summed E-state index contributed by atoms with van der Waals surface area (Å²) in [4.78, 5) is 15.0. The summed E-state index contributed by atoms with van der Waals surface area (Å²) >= 11 is 0. The second-order valence-corrected chi connectivity index (χ2v) is 3.43. The monoisotopic (exact) mass is 209 g/mol. The molecule has 1 unspecified atom stereocenters. The minimum atomic E-state index is -0.512. The number of aliphatic hydroxyl groups excluding tert-OH is 1. The number of carbonyl (C=O) groups excluding carboxylic acids is 1. The summed E-state index contributed by atoms with van der Waals surface area (Å²) in [6.45, 7) is 2.53. The number of carbonyl (C=O) groups is 1. The molecule has 0 saturated heterocycles. The average Bonchev–Trinajstić information content (AvgIpc) is 2.26. The van der Waals surface area contributed by atoms with Crippen molar-refractivity contribution < 1.29 is 9.90 Å². The van der Waals surface area contributed by atoms with Crippen LogP contribution in [0.25, 0.3) is 0 Å². The summed E-state index contributed by atoms with van der Waals surface area (Å²) in [7, 11) is 0. The molecular weight excluding hydrogens is 194 g/mol. The maximum Gasteiger partial charge on any atom is 0.252 e. The molecule has 0 aliphatic carbocycles. The number of nitrogens with zero attached hydrogens (tertiary/aromatic N) is 1. The summed E-state index contributed by atoms with van der Waals surface area (Å²) in [5.41, 5.74) is 5.55. The van der Waals surface area contributed by atoms with Gasteiger partial charge < -0.3 is 16.2 Å². The molecule has 15 heavy (non-hydrogen) atoms. The number of nitrogens with one attached hydrogen (secondary N) is 1. The fraction of sp³-hybridized carbons (Fsp3) is 0.400. The molecule has 0 aromatic carbocycles. The van der Waals surface area contributed by atoms with Gasteiger partial charge in [-0.15, -0.1) is 0 Å². The van der Waals surface area contributed by atoms with Crippen molar-refractivity contribution in [3.63, 3.8) is 0 Å². The summed E-state index contributed by atoms with van der Waals surface area (Å²) in [5, 5.41) is 11.8. The van der Waals surface area contributed by atoms with E-state index in [1.807, 2.05) is 6.92 Å². The molecule has 5 heteroatoms. The highest BCUT2D eigenvalue weighted by molar-refractivity contribution is 5.97. The van der Waals surface area contributed by atoms with Gasteiger partial charge in [-0.1, -0.05) is 6.92 Å². The lowest BCUT2D eigenvalue weighted by atomic mass is 10.2. The first-order valence-corrected chi connectivity index (χ1v) is 4.74. The van der Waals surface area contributed by atoms with Gasteiger partial charge in [0.25, 0.3) is 5.91 Å². The lowest BCUT2D eigenvalue weighted by molar-refractivity contribution is 0.100. The zero-order valence-corrected chi connectivity index (χ0v) is 8.60. The van der Waals surface area contributed by atoms with Crippen LogP contribution in [-0.2, 0) is 0 Å². The van der Waals surface area contributed by atoms with Crippen molar-refractivity contribution in [2.45, 2.75) is 6.92 Å². The van der Waals surface area contributed by atoms with Crippen LogP contribution in [0.5, 0.6) is 0 Å². The van der Waals surface area contributed by atoms with Gasteiger partial charge >= 0.3 is 0 Å². The van der Waals surface area contributed by atoms with E-state index in [0.717, 1.165) is 0 Å². The number of anilines is 1. The Balaban J connectivity index is 2.72. The second kappa shape index (κ2) is 5.31. The van der Waals surface area contributed by atoms with Crippen LogP contribution in [0.3, 0.4) is 0 Å². The van der Waals surface area contributed by atoms with Crippen molar-refractivity contribution in [2.24, 2.45) is 11.7 Å². The van der Waals surface area contributed by atoms with Crippen molar-refractivity contribution in [3.8, 4) is 0 Å². The largest absolute Gasteiger partial charge is 0.396 e. The molecule has 1 amide bonds. The minimum absolute atomic E-state index is 0.0890. The van der Waals surface area contributed by atoms with Crippen LogP contribution in [0.4, 0.5) is 5.82 Å². The highest BCUT2D eigenvalue weighted by Crippen LogP contribution is 2.10. The maximum absolute atomic E-state index is 11.0. The van der Waals surface area contributed by atoms with Crippen molar-refractivity contribution in [1.82, 2.24) is 4.98 Å². The molecule has 1 heterocycles. The number of aromatic nitrogens is 1.